The van der Waals surface area contributed by atoms with Gasteiger partial charge in [-0.1, -0.05) is 12.1 Å². The number of fused-ring (bicyclic) bond motifs is 1. The van der Waals surface area contributed by atoms with Gasteiger partial charge in [0.25, 0.3) is 0 Å². The second kappa shape index (κ2) is 5.84. The number of carbonyl (C=O) groups excluding carboxylic acids is 1. The highest BCUT2D eigenvalue weighted by molar-refractivity contribution is 7.16. The molecule has 0 unspecified atom stereocenters. The van der Waals surface area contributed by atoms with Crippen LogP contribution in [0.4, 0.5) is 10.5 Å². The van der Waals surface area contributed by atoms with E-state index >= 15 is 0 Å². The van der Waals surface area contributed by atoms with Crippen molar-refractivity contribution in [1.82, 2.24) is 4.90 Å². The van der Waals surface area contributed by atoms with Crippen LogP contribution >= 0.6 is 11.3 Å². The molecule has 100 valence electrons. The minimum Gasteiger partial charge on any atom is -0.325 e. The Morgan fingerprint density at radius 2 is 1.95 bits per heavy atom. The van der Waals surface area contributed by atoms with Crippen molar-refractivity contribution in [3.05, 3.63) is 39.9 Å². The Kier molecular flexibility index (Phi) is 4.16. The second-order valence-electron chi connectivity index (χ2n) is 4.08. The summed E-state index contributed by atoms with van der Waals surface area (Å²) in [5.74, 6) is 0. The zero-order valence-electron chi connectivity index (χ0n) is 11.0. The Morgan fingerprint density at radius 3 is 2.63 bits per heavy atom. The fourth-order valence-corrected chi connectivity index (χ4v) is 2.72. The Bertz CT molecular complexity index is 647. The minimum atomic E-state index is -0.232. The van der Waals surface area contributed by atoms with Gasteiger partial charge in [0.2, 0.25) is 5.43 Å². The molecule has 0 spiro atoms. The minimum absolute atomic E-state index is 0.130. The maximum Gasteiger partial charge on any atom is 0.321 e. The molecule has 0 aliphatic carbocycles. The third-order valence-corrected chi connectivity index (χ3v) is 3.94. The molecule has 2 rings (SSSR count). The van der Waals surface area contributed by atoms with Gasteiger partial charge in [-0.25, -0.2) is 4.79 Å². The summed E-state index contributed by atoms with van der Waals surface area (Å²) in [6, 6.07) is 7.17. The number of nitrogens with zero attached hydrogens (tertiary/aromatic N) is 1. The van der Waals surface area contributed by atoms with E-state index in [-0.39, 0.29) is 11.5 Å². The van der Waals surface area contributed by atoms with Gasteiger partial charge in [0, 0.05) is 28.6 Å². The largest absolute Gasteiger partial charge is 0.325 e. The zero-order valence-corrected chi connectivity index (χ0v) is 11.8. The van der Waals surface area contributed by atoms with E-state index in [0.29, 0.717) is 24.2 Å². The van der Waals surface area contributed by atoms with E-state index in [1.165, 1.54) is 11.3 Å². The van der Waals surface area contributed by atoms with Crippen LogP contribution in [0, 0.1) is 0 Å². The number of carbonyl (C=O) groups is 1. The lowest BCUT2D eigenvalue weighted by molar-refractivity contribution is 0.217. The molecule has 0 saturated heterocycles. The molecule has 1 aromatic heterocycles. The van der Waals surface area contributed by atoms with E-state index < -0.39 is 0 Å². The van der Waals surface area contributed by atoms with Gasteiger partial charge in [0.05, 0.1) is 0 Å². The number of hydrogen-bond donors (Lipinski definition) is 1. The van der Waals surface area contributed by atoms with E-state index in [0.717, 1.165) is 4.70 Å². The van der Waals surface area contributed by atoms with Crippen LogP contribution in [0.2, 0.25) is 0 Å². The van der Waals surface area contributed by atoms with Gasteiger partial charge in [0.1, 0.15) is 5.69 Å². The maximum atomic E-state index is 12.2. The van der Waals surface area contributed by atoms with Gasteiger partial charge in [-0.3, -0.25) is 4.79 Å². The Hall–Kier alpha value is -1.88. The molecular weight excluding hydrogens is 260 g/mol. The lowest BCUT2D eigenvalue weighted by atomic mass is 10.2. The lowest BCUT2D eigenvalue weighted by Crippen LogP contribution is -2.35. The molecule has 5 heteroatoms. The van der Waals surface area contributed by atoms with E-state index in [2.05, 4.69) is 5.32 Å². The molecule has 0 fully saturated rings. The van der Waals surface area contributed by atoms with Gasteiger partial charge in [0.15, 0.2) is 0 Å². The molecule has 1 N–H and O–H groups in total. The first-order valence-electron chi connectivity index (χ1n) is 6.23. The summed E-state index contributed by atoms with van der Waals surface area (Å²) >= 11 is 1.45. The van der Waals surface area contributed by atoms with Crippen LogP contribution in [0.15, 0.2) is 34.4 Å². The third-order valence-electron chi connectivity index (χ3n) is 2.97. The van der Waals surface area contributed by atoms with Crippen molar-refractivity contribution in [2.45, 2.75) is 13.8 Å². The molecule has 0 bridgehead atoms. The molecular formula is C14H16N2O2S. The van der Waals surface area contributed by atoms with E-state index in [9.17, 15) is 9.59 Å². The first kappa shape index (κ1) is 13.5. The van der Waals surface area contributed by atoms with E-state index in [4.69, 9.17) is 0 Å². The predicted octanol–water partition coefficient (Wildman–Crippen LogP) is 3.14. The smallest absolute Gasteiger partial charge is 0.321 e. The molecule has 2 aromatic rings. The van der Waals surface area contributed by atoms with Crippen LogP contribution in [0.25, 0.3) is 10.1 Å². The molecule has 4 nitrogen and oxygen atoms in total. The number of benzene rings is 1. The maximum absolute atomic E-state index is 12.2. The topological polar surface area (TPSA) is 49.4 Å². The second-order valence-corrected chi connectivity index (χ2v) is 4.99. The molecule has 0 radical (unpaired) electrons. The molecule has 19 heavy (non-hydrogen) atoms. The molecule has 0 atom stereocenters. The molecule has 1 aromatic carbocycles. The number of rotatable bonds is 3. The number of urea groups is 1. The Balaban J connectivity index is 2.34. The van der Waals surface area contributed by atoms with Crippen LogP contribution in [-0.2, 0) is 0 Å². The predicted molar refractivity (Wildman–Crippen MR) is 80.0 cm³/mol. The molecule has 0 aliphatic rings. The third kappa shape index (κ3) is 2.76. The standard InChI is InChI=1S/C14H16N2O2S/c1-3-16(4-2)14(18)15-11-9-19-12-8-6-5-7-10(12)13(11)17/h5-9H,3-4H2,1-2H3,(H,15,18). The Morgan fingerprint density at radius 1 is 1.26 bits per heavy atom. The van der Waals surface area contributed by atoms with Crippen molar-refractivity contribution < 1.29 is 4.79 Å². The fourth-order valence-electron chi connectivity index (χ4n) is 1.87. The van der Waals surface area contributed by atoms with Crippen LogP contribution in [0.1, 0.15) is 13.8 Å². The van der Waals surface area contributed by atoms with Gasteiger partial charge in [-0.05, 0) is 26.0 Å². The SMILES string of the molecule is CCN(CC)C(=O)Nc1csc2ccccc2c1=O. The highest BCUT2D eigenvalue weighted by atomic mass is 32.1. The normalized spacial score (nSPS) is 10.4. The summed E-state index contributed by atoms with van der Waals surface area (Å²) in [6.45, 7) is 5.05. The van der Waals surface area contributed by atoms with Crippen LogP contribution in [0.3, 0.4) is 0 Å². The quantitative estimate of drug-likeness (QED) is 0.936. The molecule has 0 saturated carbocycles. The van der Waals surface area contributed by atoms with Crippen molar-refractivity contribution in [1.29, 1.82) is 0 Å². The van der Waals surface area contributed by atoms with Crippen LogP contribution < -0.4 is 10.7 Å². The Labute approximate surface area is 115 Å². The summed E-state index contributed by atoms with van der Waals surface area (Å²) in [4.78, 5) is 25.8. The monoisotopic (exact) mass is 276 g/mol. The molecule has 2 amide bonds. The summed E-state index contributed by atoms with van der Waals surface area (Å²) in [5, 5.41) is 5.03. The van der Waals surface area contributed by atoms with Gasteiger partial charge < -0.3 is 10.2 Å². The van der Waals surface area contributed by atoms with Crippen molar-refractivity contribution in [2.24, 2.45) is 0 Å². The molecule has 0 aliphatic heterocycles. The average molecular weight is 276 g/mol. The number of anilines is 1. The van der Waals surface area contributed by atoms with Crippen molar-refractivity contribution in [2.75, 3.05) is 18.4 Å². The van der Waals surface area contributed by atoms with Crippen molar-refractivity contribution in [3.63, 3.8) is 0 Å². The van der Waals surface area contributed by atoms with Gasteiger partial charge in [-0.15, -0.1) is 11.3 Å². The van der Waals surface area contributed by atoms with E-state index in [1.54, 1.807) is 16.3 Å². The summed E-state index contributed by atoms with van der Waals surface area (Å²) in [7, 11) is 0. The van der Waals surface area contributed by atoms with Gasteiger partial charge in [-0.2, -0.15) is 0 Å². The summed E-state index contributed by atoms with van der Waals surface area (Å²) in [6.07, 6.45) is 0. The van der Waals surface area contributed by atoms with Gasteiger partial charge >= 0.3 is 6.03 Å². The highest BCUT2D eigenvalue weighted by Gasteiger charge is 2.12. The first-order valence-corrected chi connectivity index (χ1v) is 7.11. The van der Waals surface area contributed by atoms with Crippen molar-refractivity contribution in [3.8, 4) is 0 Å². The van der Waals surface area contributed by atoms with Crippen LogP contribution in [-0.4, -0.2) is 24.0 Å². The average Bonchev–Trinajstić information content (AvgIpc) is 2.43. The van der Waals surface area contributed by atoms with Crippen LogP contribution in [0.5, 0.6) is 0 Å². The number of amides is 2. The summed E-state index contributed by atoms with van der Waals surface area (Å²) < 4.78 is 0.924. The number of hydrogen-bond acceptors (Lipinski definition) is 3. The fraction of sp³-hybridized carbons (Fsp3) is 0.286. The zero-order chi connectivity index (χ0) is 13.8. The number of nitrogens with one attached hydrogen (secondary N) is 1. The highest BCUT2D eigenvalue weighted by Crippen LogP contribution is 2.18. The molecule has 1 heterocycles. The summed E-state index contributed by atoms with van der Waals surface area (Å²) in [5.41, 5.74) is 0.218. The first-order chi connectivity index (χ1) is 9.17. The van der Waals surface area contributed by atoms with Crippen molar-refractivity contribution >= 4 is 33.1 Å². The lowest BCUT2D eigenvalue weighted by Gasteiger charge is -2.18. The van der Waals surface area contributed by atoms with E-state index in [1.807, 2.05) is 32.0 Å².